The normalized spacial score (nSPS) is 10.4. The Morgan fingerprint density at radius 3 is 2.45 bits per heavy atom. The largest absolute Gasteiger partial charge is 0.496 e. The minimum atomic E-state index is 0.474. The van der Waals surface area contributed by atoms with Gasteiger partial charge in [-0.1, -0.05) is 18.2 Å². The van der Waals surface area contributed by atoms with Crippen LogP contribution in [0.1, 0.15) is 22.3 Å². The van der Waals surface area contributed by atoms with E-state index < -0.39 is 0 Å². The molecule has 3 heteroatoms. The van der Waals surface area contributed by atoms with Crippen molar-refractivity contribution >= 4 is 0 Å². The van der Waals surface area contributed by atoms with E-state index in [1.165, 1.54) is 11.1 Å². The third-order valence-electron chi connectivity index (χ3n) is 3.46. The molecule has 0 spiro atoms. The summed E-state index contributed by atoms with van der Waals surface area (Å²) in [5.41, 5.74) is 10.2. The quantitative estimate of drug-likeness (QED) is 0.907. The molecule has 2 rings (SSSR count). The molecule has 0 aliphatic rings. The number of hydrogen-bond acceptors (Lipinski definition) is 3. The monoisotopic (exact) mass is 271 g/mol. The van der Waals surface area contributed by atoms with Crippen LogP contribution >= 0.6 is 0 Å². The van der Waals surface area contributed by atoms with Gasteiger partial charge in [0.25, 0.3) is 0 Å². The number of hydrogen-bond donors (Lipinski definition) is 1. The number of ether oxygens (including phenoxy) is 2. The Morgan fingerprint density at radius 1 is 1.00 bits per heavy atom. The molecule has 0 bridgehead atoms. The van der Waals surface area contributed by atoms with Crippen LogP contribution in [0.5, 0.6) is 11.5 Å². The summed E-state index contributed by atoms with van der Waals surface area (Å²) in [7, 11) is 1.66. The first-order chi connectivity index (χ1) is 9.63. The zero-order valence-corrected chi connectivity index (χ0v) is 12.3. The van der Waals surface area contributed by atoms with Crippen LogP contribution in [0.4, 0.5) is 0 Å². The highest BCUT2D eigenvalue weighted by Crippen LogP contribution is 2.22. The van der Waals surface area contributed by atoms with Crippen molar-refractivity contribution in [3.05, 3.63) is 58.7 Å². The second-order valence-corrected chi connectivity index (χ2v) is 4.89. The van der Waals surface area contributed by atoms with E-state index in [4.69, 9.17) is 15.2 Å². The third-order valence-corrected chi connectivity index (χ3v) is 3.46. The van der Waals surface area contributed by atoms with Crippen molar-refractivity contribution in [2.45, 2.75) is 27.0 Å². The molecule has 0 unspecified atom stereocenters. The van der Waals surface area contributed by atoms with Crippen molar-refractivity contribution in [1.82, 2.24) is 0 Å². The van der Waals surface area contributed by atoms with Crippen LogP contribution in [0.3, 0.4) is 0 Å². The molecule has 0 atom stereocenters. The Morgan fingerprint density at radius 2 is 1.80 bits per heavy atom. The molecular formula is C17H21NO2. The first-order valence-electron chi connectivity index (χ1n) is 6.70. The van der Waals surface area contributed by atoms with Gasteiger partial charge in [0, 0.05) is 12.1 Å². The minimum absolute atomic E-state index is 0.474. The second-order valence-electron chi connectivity index (χ2n) is 4.89. The first-order valence-corrected chi connectivity index (χ1v) is 6.70. The maximum absolute atomic E-state index is 5.81. The molecule has 106 valence electrons. The van der Waals surface area contributed by atoms with Gasteiger partial charge >= 0.3 is 0 Å². The van der Waals surface area contributed by atoms with E-state index in [1.54, 1.807) is 7.11 Å². The molecule has 3 nitrogen and oxygen atoms in total. The minimum Gasteiger partial charge on any atom is -0.496 e. The van der Waals surface area contributed by atoms with E-state index in [0.717, 1.165) is 22.6 Å². The molecule has 20 heavy (non-hydrogen) atoms. The lowest BCUT2D eigenvalue weighted by atomic mass is 10.1. The number of rotatable bonds is 5. The van der Waals surface area contributed by atoms with E-state index >= 15 is 0 Å². The average Bonchev–Trinajstić information content (AvgIpc) is 2.48. The van der Waals surface area contributed by atoms with Gasteiger partial charge in [-0.15, -0.1) is 0 Å². The lowest BCUT2D eigenvalue weighted by molar-refractivity contribution is 0.305. The molecule has 0 amide bonds. The van der Waals surface area contributed by atoms with Crippen LogP contribution in [-0.4, -0.2) is 7.11 Å². The van der Waals surface area contributed by atoms with Crippen molar-refractivity contribution in [3.8, 4) is 11.5 Å². The molecule has 0 fully saturated rings. The number of methoxy groups -OCH3 is 1. The van der Waals surface area contributed by atoms with E-state index in [9.17, 15) is 0 Å². The summed E-state index contributed by atoms with van der Waals surface area (Å²) in [5.74, 6) is 1.70. The molecule has 0 saturated carbocycles. The maximum atomic E-state index is 5.81. The van der Waals surface area contributed by atoms with Gasteiger partial charge in [-0.25, -0.2) is 0 Å². The summed E-state index contributed by atoms with van der Waals surface area (Å²) in [6.07, 6.45) is 0. The van der Waals surface area contributed by atoms with Gasteiger partial charge < -0.3 is 15.2 Å². The average molecular weight is 271 g/mol. The topological polar surface area (TPSA) is 44.5 Å². The molecule has 0 saturated heterocycles. The molecule has 2 N–H and O–H groups in total. The van der Waals surface area contributed by atoms with Crippen LogP contribution in [-0.2, 0) is 13.2 Å². The van der Waals surface area contributed by atoms with Crippen LogP contribution in [0.25, 0.3) is 0 Å². The molecule has 0 aliphatic carbocycles. The van der Waals surface area contributed by atoms with Gasteiger partial charge in [0.2, 0.25) is 0 Å². The van der Waals surface area contributed by atoms with E-state index in [-0.39, 0.29) is 0 Å². The first kappa shape index (κ1) is 14.4. The SMILES string of the molecule is COc1cc(COc2ccc(C)c(C)c2)ccc1CN. The molecule has 0 aliphatic heterocycles. The lowest BCUT2D eigenvalue weighted by Gasteiger charge is -2.11. The van der Waals surface area contributed by atoms with Crippen molar-refractivity contribution < 1.29 is 9.47 Å². The molecule has 2 aromatic carbocycles. The molecule has 2 aromatic rings. The zero-order chi connectivity index (χ0) is 14.5. The molecule has 0 radical (unpaired) electrons. The van der Waals surface area contributed by atoms with Gasteiger partial charge in [-0.05, 0) is 48.7 Å². The number of aryl methyl sites for hydroxylation is 2. The van der Waals surface area contributed by atoms with Crippen LogP contribution < -0.4 is 15.2 Å². The van der Waals surface area contributed by atoms with E-state index in [2.05, 4.69) is 26.0 Å². The van der Waals surface area contributed by atoms with Crippen LogP contribution in [0.2, 0.25) is 0 Å². The Hall–Kier alpha value is -2.00. The summed E-state index contributed by atoms with van der Waals surface area (Å²) in [6, 6.07) is 12.1. The lowest BCUT2D eigenvalue weighted by Crippen LogP contribution is -2.02. The molecule has 0 heterocycles. The van der Waals surface area contributed by atoms with Crippen molar-refractivity contribution in [2.24, 2.45) is 5.73 Å². The summed E-state index contributed by atoms with van der Waals surface area (Å²) in [5, 5.41) is 0. The predicted molar refractivity (Wildman–Crippen MR) is 81.1 cm³/mol. The van der Waals surface area contributed by atoms with Crippen LogP contribution in [0.15, 0.2) is 36.4 Å². The number of benzene rings is 2. The summed E-state index contributed by atoms with van der Waals surface area (Å²) in [6.45, 7) is 5.17. The van der Waals surface area contributed by atoms with Crippen molar-refractivity contribution in [3.63, 3.8) is 0 Å². The van der Waals surface area contributed by atoms with Gasteiger partial charge in [-0.3, -0.25) is 0 Å². The standard InChI is InChI=1S/C17H21NO2/c1-12-4-7-16(8-13(12)2)20-11-14-5-6-15(10-18)17(9-14)19-3/h4-9H,10-11,18H2,1-3H3. The summed E-state index contributed by atoms with van der Waals surface area (Å²) in [4.78, 5) is 0. The number of nitrogens with two attached hydrogens (primary N) is 1. The Labute approximate surface area is 120 Å². The van der Waals surface area contributed by atoms with Gasteiger partial charge in [-0.2, -0.15) is 0 Å². The predicted octanol–water partition coefficient (Wildman–Crippen LogP) is 3.35. The fourth-order valence-electron chi connectivity index (χ4n) is 2.02. The fraction of sp³-hybridized carbons (Fsp3) is 0.294. The molecular weight excluding hydrogens is 250 g/mol. The Kier molecular flexibility index (Phi) is 4.64. The molecule has 0 aromatic heterocycles. The maximum Gasteiger partial charge on any atom is 0.123 e. The highest BCUT2D eigenvalue weighted by atomic mass is 16.5. The van der Waals surface area contributed by atoms with Crippen LogP contribution in [0, 0.1) is 13.8 Å². The Bertz CT molecular complexity index is 594. The van der Waals surface area contributed by atoms with E-state index in [0.29, 0.717) is 13.2 Å². The third kappa shape index (κ3) is 3.31. The fourth-order valence-corrected chi connectivity index (χ4v) is 2.02. The highest BCUT2D eigenvalue weighted by Gasteiger charge is 2.04. The van der Waals surface area contributed by atoms with Crippen molar-refractivity contribution in [2.75, 3.05) is 7.11 Å². The Balaban J connectivity index is 2.08. The summed E-state index contributed by atoms with van der Waals surface area (Å²) >= 11 is 0. The highest BCUT2D eigenvalue weighted by molar-refractivity contribution is 5.38. The van der Waals surface area contributed by atoms with Gasteiger partial charge in [0.1, 0.15) is 18.1 Å². The van der Waals surface area contributed by atoms with E-state index in [1.807, 2.05) is 24.3 Å². The smallest absolute Gasteiger partial charge is 0.123 e. The zero-order valence-electron chi connectivity index (χ0n) is 12.3. The van der Waals surface area contributed by atoms with Gasteiger partial charge in [0.15, 0.2) is 0 Å². The van der Waals surface area contributed by atoms with Crippen molar-refractivity contribution in [1.29, 1.82) is 0 Å². The summed E-state index contributed by atoms with van der Waals surface area (Å²) < 4.78 is 11.1. The second kappa shape index (κ2) is 6.44. The van der Waals surface area contributed by atoms with Gasteiger partial charge in [0.05, 0.1) is 7.11 Å².